The van der Waals surface area contributed by atoms with Crippen molar-refractivity contribution in [1.29, 1.82) is 0 Å². The largest absolute Gasteiger partial charge is 0.385 e. The number of hydrogen-bond acceptors (Lipinski definition) is 2. The molecule has 0 spiro atoms. The monoisotopic (exact) mass is 374 g/mol. The van der Waals surface area contributed by atoms with Crippen LogP contribution in [0.5, 0.6) is 0 Å². The first-order valence-electron chi connectivity index (χ1n) is 10.5. The molecule has 0 amide bonds. The summed E-state index contributed by atoms with van der Waals surface area (Å²) >= 11 is 0. The van der Waals surface area contributed by atoms with Gasteiger partial charge in [0.05, 0.1) is 0 Å². The first-order valence-corrected chi connectivity index (χ1v) is 10.5. The zero-order chi connectivity index (χ0) is 19.9. The highest BCUT2D eigenvalue weighted by molar-refractivity contribution is 5.67. The zero-order valence-electron chi connectivity index (χ0n) is 17.6. The van der Waals surface area contributed by atoms with E-state index in [0.717, 1.165) is 25.2 Å². The zero-order valence-corrected chi connectivity index (χ0v) is 17.6. The molecule has 2 aromatic carbocycles. The fraction of sp³-hybridized carbons (Fsp3) is 0.385. The van der Waals surface area contributed by atoms with Crippen LogP contribution in [0.15, 0.2) is 55.6 Å². The lowest BCUT2D eigenvalue weighted by molar-refractivity contribution is 0.221. The molecule has 2 aromatic rings. The SMILES string of the molecule is C=C(NCCC(=C)c1cc(C)ccc1C)c1ccc(CN2CCCCC2)cc1. The summed E-state index contributed by atoms with van der Waals surface area (Å²) in [6.07, 6.45) is 4.98. The fourth-order valence-electron chi connectivity index (χ4n) is 3.90. The molecule has 2 heteroatoms. The first-order chi connectivity index (χ1) is 13.5. The molecule has 0 bridgehead atoms. The smallest absolute Gasteiger partial charge is 0.0340 e. The van der Waals surface area contributed by atoms with Crippen LogP contribution in [0.4, 0.5) is 0 Å². The van der Waals surface area contributed by atoms with E-state index in [2.05, 4.69) is 79.7 Å². The van der Waals surface area contributed by atoms with Crippen molar-refractivity contribution < 1.29 is 0 Å². The van der Waals surface area contributed by atoms with Crippen LogP contribution in [0.25, 0.3) is 11.3 Å². The number of nitrogens with one attached hydrogen (secondary N) is 1. The lowest BCUT2D eigenvalue weighted by Crippen LogP contribution is -2.29. The van der Waals surface area contributed by atoms with Gasteiger partial charge in [0.15, 0.2) is 0 Å². The minimum absolute atomic E-state index is 0.848. The predicted octanol–water partition coefficient (Wildman–Crippen LogP) is 5.95. The topological polar surface area (TPSA) is 15.3 Å². The highest BCUT2D eigenvalue weighted by atomic mass is 15.1. The Bertz CT molecular complexity index is 811. The molecule has 0 aliphatic carbocycles. The van der Waals surface area contributed by atoms with Gasteiger partial charge in [-0.2, -0.15) is 0 Å². The van der Waals surface area contributed by atoms with Gasteiger partial charge in [-0.15, -0.1) is 0 Å². The Hall–Kier alpha value is -2.32. The Morgan fingerprint density at radius 2 is 1.68 bits per heavy atom. The maximum Gasteiger partial charge on any atom is 0.0340 e. The third-order valence-corrected chi connectivity index (χ3v) is 5.70. The van der Waals surface area contributed by atoms with Crippen molar-refractivity contribution in [2.75, 3.05) is 19.6 Å². The quantitative estimate of drug-likeness (QED) is 0.614. The molecule has 2 nitrogen and oxygen atoms in total. The highest BCUT2D eigenvalue weighted by Gasteiger charge is 2.10. The van der Waals surface area contributed by atoms with Gasteiger partial charge in [-0.3, -0.25) is 4.90 Å². The van der Waals surface area contributed by atoms with Crippen LogP contribution in [-0.2, 0) is 6.54 Å². The summed E-state index contributed by atoms with van der Waals surface area (Å²) in [6, 6.07) is 15.4. The fourth-order valence-corrected chi connectivity index (χ4v) is 3.90. The Kier molecular flexibility index (Phi) is 7.11. The average molecular weight is 375 g/mol. The average Bonchev–Trinajstić information content (AvgIpc) is 2.71. The van der Waals surface area contributed by atoms with E-state index in [1.54, 1.807) is 0 Å². The van der Waals surface area contributed by atoms with E-state index in [-0.39, 0.29) is 0 Å². The van der Waals surface area contributed by atoms with Crippen molar-refractivity contribution in [2.45, 2.75) is 46.1 Å². The van der Waals surface area contributed by atoms with E-state index in [9.17, 15) is 0 Å². The third-order valence-electron chi connectivity index (χ3n) is 5.70. The van der Waals surface area contributed by atoms with E-state index in [1.807, 2.05) is 0 Å². The first kappa shape index (κ1) is 20.4. The van der Waals surface area contributed by atoms with Crippen molar-refractivity contribution in [3.05, 3.63) is 83.4 Å². The number of piperidine rings is 1. The van der Waals surface area contributed by atoms with Crippen molar-refractivity contribution in [1.82, 2.24) is 10.2 Å². The maximum atomic E-state index is 4.29. The van der Waals surface area contributed by atoms with E-state index >= 15 is 0 Å². The molecule has 0 atom stereocenters. The minimum atomic E-state index is 0.848. The normalized spacial score (nSPS) is 14.6. The molecule has 1 saturated heterocycles. The Morgan fingerprint density at radius 1 is 0.964 bits per heavy atom. The summed E-state index contributed by atoms with van der Waals surface area (Å²) in [5, 5.41) is 3.47. The van der Waals surface area contributed by atoms with Gasteiger partial charge < -0.3 is 5.32 Å². The number of rotatable bonds is 8. The summed E-state index contributed by atoms with van der Waals surface area (Å²) in [7, 11) is 0. The lowest BCUT2D eigenvalue weighted by Gasteiger charge is -2.26. The number of likely N-dealkylation sites (tertiary alicyclic amines) is 1. The van der Waals surface area contributed by atoms with E-state index in [0.29, 0.717) is 0 Å². The summed E-state index contributed by atoms with van der Waals surface area (Å²) in [6.45, 7) is 17.2. The molecule has 0 radical (unpaired) electrons. The number of hydrogen-bond donors (Lipinski definition) is 1. The second-order valence-corrected chi connectivity index (χ2v) is 8.11. The van der Waals surface area contributed by atoms with Crippen molar-refractivity contribution in [3.63, 3.8) is 0 Å². The Morgan fingerprint density at radius 3 is 2.39 bits per heavy atom. The van der Waals surface area contributed by atoms with Crippen LogP contribution in [0, 0.1) is 13.8 Å². The van der Waals surface area contributed by atoms with Gasteiger partial charge in [0.1, 0.15) is 0 Å². The van der Waals surface area contributed by atoms with Crippen LogP contribution in [-0.4, -0.2) is 24.5 Å². The van der Waals surface area contributed by atoms with Crippen molar-refractivity contribution in [2.24, 2.45) is 0 Å². The number of aryl methyl sites for hydroxylation is 2. The molecule has 3 rings (SSSR count). The lowest BCUT2D eigenvalue weighted by atomic mass is 9.97. The third kappa shape index (κ3) is 5.59. The van der Waals surface area contributed by atoms with Crippen LogP contribution in [0.2, 0.25) is 0 Å². The summed E-state index contributed by atoms with van der Waals surface area (Å²) in [5.41, 5.74) is 8.56. The van der Waals surface area contributed by atoms with Gasteiger partial charge in [0.2, 0.25) is 0 Å². The van der Waals surface area contributed by atoms with Gasteiger partial charge in [-0.05, 0) is 74.0 Å². The molecule has 1 aliphatic heterocycles. The molecule has 1 aliphatic rings. The van der Waals surface area contributed by atoms with Gasteiger partial charge in [0, 0.05) is 18.8 Å². The van der Waals surface area contributed by atoms with Gasteiger partial charge in [-0.25, -0.2) is 0 Å². The second kappa shape index (κ2) is 9.75. The Balaban J connectivity index is 1.48. The summed E-state index contributed by atoms with van der Waals surface area (Å²) < 4.78 is 0. The van der Waals surface area contributed by atoms with Crippen LogP contribution >= 0.6 is 0 Å². The highest BCUT2D eigenvalue weighted by Crippen LogP contribution is 2.22. The minimum Gasteiger partial charge on any atom is -0.385 e. The molecule has 0 saturated carbocycles. The Labute approximate surface area is 171 Å². The number of nitrogens with zero attached hydrogens (tertiary/aromatic N) is 1. The predicted molar refractivity (Wildman–Crippen MR) is 122 cm³/mol. The molecule has 28 heavy (non-hydrogen) atoms. The van der Waals surface area contributed by atoms with Gasteiger partial charge >= 0.3 is 0 Å². The van der Waals surface area contributed by atoms with E-state index < -0.39 is 0 Å². The van der Waals surface area contributed by atoms with Crippen molar-refractivity contribution in [3.8, 4) is 0 Å². The van der Waals surface area contributed by atoms with Gasteiger partial charge in [0.25, 0.3) is 0 Å². The number of benzene rings is 2. The second-order valence-electron chi connectivity index (χ2n) is 8.11. The van der Waals surface area contributed by atoms with E-state index in [1.165, 1.54) is 65.7 Å². The molecule has 1 heterocycles. The van der Waals surface area contributed by atoms with Crippen LogP contribution < -0.4 is 5.32 Å². The summed E-state index contributed by atoms with van der Waals surface area (Å²) in [5.74, 6) is 0. The molecule has 148 valence electrons. The molecule has 1 fully saturated rings. The van der Waals surface area contributed by atoms with Gasteiger partial charge in [-0.1, -0.05) is 67.6 Å². The standard InChI is InChI=1S/C26H34N2/c1-20-8-9-21(2)26(18-20)22(3)14-15-27-23(4)25-12-10-24(11-13-25)19-28-16-6-5-7-17-28/h8-13,18,27H,3-7,14-17,19H2,1-2H3. The van der Waals surface area contributed by atoms with Crippen LogP contribution in [0.3, 0.4) is 0 Å². The summed E-state index contributed by atoms with van der Waals surface area (Å²) in [4.78, 5) is 2.56. The van der Waals surface area contributed by atoms with Crippen molar-refractivity contribution >= 4 is 11.3 Å². The molecule has 0 unspecified atom stereocenters. The maximum absolute atomic E-state index is 4.29. The van der Waals surface area contributed by atoms with E-state index in [4.69, 9.17) is 0 Å². The molecular formula is C26H34N2. The molecular weight excluding hydrogens is 340 g/mol. The van der Waals surface area contributed by atoms with Crippen LogP contribution in [0.1, 0.15) is 53.5 Å². The molecule has 1 N–H and O–H groups in total. The molecule has 0 aromatic heterocycles.